The van der Waals surface area contributed by atoms with Gasteiger partial charge in [-0.15, -0.1) is 11.3 Å². The highest BCUT2D eigenvalue weighted by atomic mass is 32.1. The molecule has 0 bridgehead atoms. The van der Waals surface area contributed by atoms with Gasteiger partial charge in [0, 0.05) is 30.4 Å². The zero-order valence-corrected chi connectivity index (χ0v) is 13.0. The summed E-state index contributed by atoms with van der Waals surface area (Å²) in [6.07, 6.45) is 3.84. The van der Waals surface area contributed by atoms with Gasteiger partial charge in [-0.05, 0) is 23.9 Å². The molecule has 21 heavy (non-hydrogen) atoms. The highest BCUT2D eigenvalue weighted by Crippen LogP contribution is 2.27. The Morgan fingerprint density at radius 1 is 1.14 bits per heavy atom. The summed E-state index contributed by atoms with van der Waals surface area (Å²) in [6, 6.07) is 15.1. The SMILES string of the molecule is C[C@@H](NC(c1cccs1)c1nccn1C)c1ccccc1. The van der Waals surface area contributed by atoms with Gasteiger partial charge in [-0.2, -0.15) is 0 Å². The normalized spacial score (nSPS) is 14.0. The highest BCUT2D eigenvalue weighted by molar-refractivity contribution is 7.10. The van der Waals surface area contributed by atoms with Crippen LogP contribution in [0.5, 0.6) is 0 Å². The third kappa shape index (κ3) is 3.06. The molecule has 0 aliphatic heterocycles. The van der Waals surface area contributed by atoms with Crippen LogP contribution in [0.15, 0.2) is 60.2 Å². The van der Waals surface area contributed by atoms with Gasteiger partial charge in [0.2, 0.25) is 0 Å². The van der Waals surface area contributed by atoms with Gasteiger partial charge in [-0.25, -0.2) is 4.98 Å². The van der Waals surface area contributed by atoms with Crippen LogP contribution in [0.2, 0.25) is 0 Å². The van der Waals surface area contributed by atoms with Crippen molar-refractivity contribution in [2.24, 2.45) is 7.05 Å². The molecule has 3 aromatic rings. The molecule has 0 amide bonds. The summed E-state index contributed by atoms with van der Waals surface area (Å²) in [4.78, 5) is 5.81. The number of nitrogens with zero attached hydrogens (tertiary/aromatic N) is 2. The molecule has 0 saturated heterocycles. The van der Waals surface area contributed by atoms with Crippen LogP contribution in [-0.4, -0.2) is 9.55 Å². The van der Waals surface area contributed by atoms with Gasteiger partial charge >= 0.3 is 0 Å². The molecule has 108 valence electrons. The third-order valence-electron chi connectivity index (χ3n) is 3.66. The first-order chi connectivity index (χ1) is 10.3. The largest absolute Gasteiger partial charge is 0.336 e. The number of hydrogen-bond donors (Lipinski definition) is 1. The molecule has 0 radical (unpaired) electrons. The van der Waals surface area contributed by atoms with E-state index in [9.17, 15) is 0 Å². The van der Waals surface area contributed by atoms with Crippen LogP contribution in [0.1, 0.15) is 35.3 Å². The van der Waals surface area contributed by atoms with Crippen molar-refractivity contribution in [3.05, 3.63) is 76.5 Å². The molecule has 0 aliphatic rings. The van der Waals surface area contributed by atoms with Crippen molar-refractivity contribution >= 4 is 11.3 Å². The van der Waals surface area contributed by atoms with Crippen LogP contribution >= 0.6 is 11.3 Å². The van der Waals surface area contributed by atoms with Crippen LogP contribution in [0.3, 0.4) is 0 Å². The van der Waals surface area contributed by atoms with Gasteiger partial charge < -0.3 is 4.57 Å². The number of aryl methyl sites for hydroxylation is 1. The minimum absolute atomic E-state index is 0.111. The van der Waals surface area contributed by atoms with E-state index in [-0.39, 0.29) is 12.1 Å². The second-order valence-corrected chi connectivity index (χ2v) is 6.12. The maximum absolute atomic E-state index is 4.53. The van der Waals surface area contributed by atoms with Crippen molar-refractivity contribution in [1.29, 1.82) is 0 Å². The van der Waals surface area contributed by atoms with Gasteiger partial charge in [-0.1, -0.05) is 36.4 Å². The predicted octanol–water partition coefficient (Wildman–Crippen LogP) is 3.92. The van der Waals surface area contributed by atoms with Crippen LogP contribution < -0.4 is 5.32 Å². The monoisotopic (exact) mass is 297 g/mol. The van der Waals surface area contributed by atoms with Crippen molar-refractivity contribution < 1.29 is 0 Å². The smallest absolute Gasteiger partial charge is 0.131 e. The summed E-state index contributed by atoms with van der Waals surface area (Å²) in [5, 5.41) is 5.82. The van der Waals surface area contributed by atoms with E-state index in [1.54, 1.807) is 11.3 Å². The highest BCUT2D eigenvalue weighted by Gasteiger charge is 2.21. The summed E-state index contributed by atoms with van der Waals surface area (Å²) < 4.78 is 2.08. The number of hydrogen-bond acceptors (Lipinski definition) is 3. The van der Waals surface area contributed by atoms with E-state index >= 15 is 0 Å². The van der Waals surface area contributed by atoms with Crippen molar-refractivity contribution in [3.63, 3.8) is 0 Å². The Morgan fingerprint density at radius 3 is 2.57 bits per heavy atom. The Labute approximate surface area is 129 Å². The van der Waals surface area contributed by atoms with E-state index in [0.29, 0.717) is 0 Å². The maximum atomic E-state index is 4.53. The second-order valence-electron chi connectivity index (χ2n) is 5.14. The van der Waals surface area contributed by atoms with Gasteiger partial charge in [0.05, 0.1) is 0 Å². The van der Waals surface area contributed by atoms with Crippen molar-refractivity contribution in [1.82, 2.24) is 14.9 Å². The fourth-order valence-electron chi connectivity index (χ4n) is 2.48. The van der Waals surface area contributed by atoms with Crippen LogP contribution in [-0.2, 0) is 7.05 Å². The van der Waals surface area contributed by atoms with Crippen molar-refractivity contribution in [3.8, 4) is 0 Å². The average molecular weight is 297 g/mol. The fraction of sp³-hybridized carbons (Fsp3) is 0.235. The average Bonchev–Trinajstić information content (AvgIpc) is 3.17. The predicted molar refractivity (Wildman–Crippen MR) is 87.4 cm³/mol. The Morgan fingerprint density at radius 2 is 1.95 bits per heavy atom. The quantitative estimate of drug-likeness (QED) is 0.773. The summed E-state index contributed by atoms with van der Waals surface area (Å²) in [5.41, 5.74) is 1.29. The lowest BCUT2D eigenvalue weighted by molar-refractivity contribution is 0.494. The standard InChI is InChI=1S/C17H19N3S/c1-13(14-7-4-3-5-8-14)19-16(15-9-6-12-21-15)17-18-10-11-20(17)2/h3-13,16,19H,1-2H3/t13-,16?/m1/s1. The summed E-state index contributed by atoms with van der Waals surface area (Å²) >= 11 is 1.76. The zero-order valence-electron chi connectivity index (χ0n) is 12.2. The molecule has 2 heterocycles. The van der Waals surface area contributed by atoms with Crippen LogP contribution in [0, 0.1) is 0 Å². The minimum atomic E-state index is 0.111. The molecular weight excluding hydrogens is 278 g/mol. The number of rotatable bonds is 5. The topological polar surface area (TPSA) is 29.9 Å². The number of aromatic nitrogens is 2. The van der Waals surface area contributed by atoms with E-state index in [2.05, 4.69) is 63.6 Å². The van der Waals surface area contributed by atoms with Gasteiger partial charge in [-0.3, -0.25) is 5.32 Å². The van der Waals surface area contributed by atoms with Crippen LogP contribution in [0.25, 0.3) is 0 Å². The summed E-state index contributed by atoms with van der Waals surface area (Å²) in [6.45, 7) is 2.19. The summed E-state index contributed by atoms with van der Waals surface area (Å²) in [5.74, 6) is 1.04. The van der Waals surface area contributed by atoms with Crippen molar-refractivity contribution in [2.75, 3.05) is 0 Å². The first-order valence-electron chi connectivity index (χ1n) is 7.07. The minimum Gasteiger partial charge on any atom is -0.336 e. The number of imidazole rings is 1. The number of benzene rings is 1. The molecule has 0 spiro atoms. The molecule has 1 unspecified atom stereocenters. The molecule has 3 nitrogen and oxygen atoms in total. The maximum Gasteiger partial charge on any atom is 0.131 e. The Bertz CT molecular complexity index is 673. The Balaban J connectivity index is 1.89. The second kappa shape index (κ2) is 6.24. The fourth-order valence-corrected chi connectivity index (χ4v) is 3.26. The Hall–Kier alpha value is -1.91. The van der Waals surface area contributed by atoms with Crippen LogP contribution in [0.4, 0.5) is 0 Å². The molecule has 1 N–H and O–H groups in total. The molecule has 1 aromatic carbocycles. The molecule has 2 aromatic heterocycles. The van der Waals surface area contributed by atoms with Crippen molar-refractivity contribution in [2.45, 2.75) is 19.0 Å². The number of nitrogens with one attached hydrogen (secondary N) is 1. The van der Waals surface area contributed by atoms with Gasteiger partial charge in [0.25, 0.3) is 0 Å². The third-order valence-corrected chi connectivity index (χ3v) is 4.60. The lowest BCUT2D eigenvalue weighted by atomic mass is 10.1. The molecule has 0 aliphatic carbocycles. The Kier molecular flexibility index (Phi) is 4.18. The molecule has 0 saturated carbocycles. The lowest BCUT2D eigenvalue weighted by Gasteiger charge is -2.22. The lowest BCUT2D eigenvalue weighted by Crippen LogP contribution is -2.27. The first-order valence-corrected chi connectivity index (χ1v) is 7.95. The molecule has 2 atom stereocenters. The van der Waals surface area contributed by atoms with E-state index in [0.717, 1.165) is 5.82 Å². The van der Waals surface area contributed by atoms with E-state index in [4.69, 9.17) is 0 Å². The zero-order chi connectivity index (χ0) is 14.7. The van der Waals surface area contributed by atoms with E-state index < -0.39 is 0 Å². The molecule has 3 rings (SSSR count). The molecular formula is C17H19N3S. The van der Waals surface area contributed by atoms with Gasteiger partial charge in [0.1, 0.15) is 11.9 Å². The summed E-state index contributed by atoms with van der Waals surface area (Å²) in [7, 11) is 2.04. The first kappa shape index (κ1) is 14.0. The number of thiophene rings is 1. The van der Waals surface area contributed by atoms with E-state index in [1.807, 2.05) is 25.5 Å². The molecule has 4 heteroatoms. The van der Waals surface area contributed by atoms with E-state index in [1.165, 1.54) is 10.4 Å². The molecule has 0 fully saturated rings. The van der Waals surface area contributed by atoms with Gasteiger partial charge in [0.15, 0.2) is 0 Å².